The second kappa shape index (κ2) is 6.79. The third kappa shape index (κ3) is 3.48. The Bertz CT molecular complexity index is 848. The van der Waals surface area contributed by atoms with E-state index in [1.54, 1.807) is 12.4 Å². The molecular formula is C17H23N7O. The van der Waals surface area contributed by atoms with Crippen LogP contribution in [0, 0.1) is 5.92 Å². The number of aromatic amines is 1. The summed E-state index contributed by atoms with van der Waals surface area (Å²) < 4.78 is 7.49. The smallest absolute Gasteiger partial charge is 0.178 e. The molecule has 1 fully saturated rings. The highest BCUT2D eigenvalue weighted by atomic mass is 16.5. The van der Waals surface area contributed by atoms with Crippen molar-refractivity contribution in [2.24, 2.45) is 5.92 Å². The average Bonchev–Trinajstić information content (AvgIpc) is 3.24. The molecule has 0 amide bonds. The summed E-state index contributed by atoms with van der Waals surface area (Å²) in [5.41, 5.74) is 2.67. The lowest BCUT2D eigenvalue weighted by Crippen LogP contribution is -2.22. The number of nitrogens with zero attached hydrogens (tertiary/aromatic N) is 5. The van der Waals surface area contributed by atoms with E-state index in [0.29, 0.717) is 17.7 Å². The summed E-state index contributed by atoms with van der Waals surface area (Å²) in [6, 6.07) is 1.99. The normalized spacial score (nSPS) is 18.1. The van der Waals surface area contributed by atoms with Crippen molar-refractivity contribution < 1.29 is 4.74 Å². The molecule has 1 aliphatic heterocycles. The number of hydrogen-bond acceptors (Lipinski definition) is 6. The Morgan fingerprint density at radius 2 is 2.28 bits per heavy atom. The summed E-state index contributed by atoms with van der Waals surface area (Å²) in [5, 5.41) is 15.0. The standard InChI is InChI=1S/C17H23N7O/c1-11(2)13-6-15(23-22-13)20-16-8-18-14-7-19-24(17(14)21-16)9-12-4-3-5-25-10-12/h6-8,11-12H,3-5,9-10H2,1-2H3,(H2,20,21,22,23). The Balaban J connectivity index is 1.54. The molecule has 0 bridgehead atoms. The van der Waals surface area contributed by atoms with Crippen LogP contribution in [0.15, 0.2) is 18.5 Å². The highest BCUT2D eigenvalue weighted by Gasteiger charge is 2.17. The Morgan fingerprint density at radius 3 is 3.04 bits per heavy atom. The van der Waals surface area contributed by atoms with E-state index >= 15 is 0 Å². The third-order valence-corrected chi connectivity index (χ3v) is 4.51. The summed E-state index contributed by atoms with van der Waals surface area (Å²) in [4.78, 5) is 9.14. The van der Waals surface area contributed by atoms with Gasteiger partial charge in [0.05, 0.1) is 19.0 Å². The van der Waals surface area contributed by atoms with Gasteiger partial charge in [-0.1, -0.05) is 13.8 Å². The molecule has 0 saturated carbocycles. The average molecular weight is 341 g/mol. The zero-order valence-corrected chi connectivity index (χ0v) is 14.6. The first-order valence-corrected chi connectivity index (χ1v) is 8.77. The number of aromatic nitrogens is 6. The van der Waals surface area contributed by atoms with Crippen molar-refractivity contribution in [1.29, 1.82) is 0 Å². The molecule has 132 valence electrons. The van der Waals surface area contributed by atoms with E-state index in [1.807, 2.05) is 10.7 Å². The second-order valence-electron chi connectivity index (χ2n) is 6.86. The monoisotopic (exact) mass is 341 g/mol. The fourth-order valence-electron chi connectivity index (χ4n) is 3.07. The quantitative estimate of drug-likeness (QED) is 0.741. The van der Waals surface area contributed by atoms with E-state index in [4.69, 9.17) is 4.74 Å². The van der Waals surface area contributed by atoms with Crippen molar-refractivity contribution in [3.63, 3.8) is 0 Å². The molecule has 1 unspecified atom stereocenters. The van der Waals surface area contributed by atoms with Gasteiger partial charge in [0.2, 0.25) is 0 Å². The highest BCUT2D eigenvalue weighted by Crippen LogP contribution is 2.21. The van der Waals surface area contributed by atoms with Crippen LogP contribution in [0.3, 0.4) is 0 Å². The van der Waals surface area contributed by atoms with Crippen molar-refractivity contribution in [2.75, 3.05) is 18.5 Å². The van der Waals surface area contributed by atoms with Crippen LogP contribution in [0.1, 0.15) is 38.3 Å². The SMILES string of the molecule is CC(C)c1cc(Nc2cnc3cnn(CC4CCCOC4)c3n2)n[nH]1. The number of ether oxygens (including phenoxy) is 1. The number of anilines is 2. The van der Waals surface area contributed by atoms with Crippen molar-refractivity contribution in [1.82, 2.24) is 29.9 Å². The number of hydrogen-bond donors (Lipinski definition) is 2. The molecule has 1 atom stereocenters. The van der Waals surface area contributed by atoms with Gasteiger partial charge in [0, 0.05) is 30.8 Å². The summed E-state index contributed by atoms with van der Waals surface area (Å²) in [5.74, 6) is 2.28. The first-order valence-electron chi connectivity index (χ1n) is 8.77. The number of fused-ring (bicyclic) bond motifs is 1. The van der Waals surface area contributed by atoms with E-state index < -0.39 is 0 Å². The van der Waals surface area contributed by atoms with Crippen LogP contribution in [0.5, 0.6) is 0 Å². The van der Waals surface area contributed by atoms with Crippen LogP contribution in [0.4, 0.5) is 11.6 Å². The van der Waals surface area contributed by atoms with Gasteiger partial charge in [-0.2, -0.15) is 10.2 Å². The van der Waals surface area contributed by atoms with Gasteiger partial charge in [0.15, 0.2) is 17.3 Å². The van der Waals surface area contributed by atoms with Crippen molar-refractivity contribution in [3.05, 3.63) is 24.2 Å². The van der Waals surface area contributed by atoms with E-state index in [-0.39, 0.29) is 0 Å². The lowest BCUT2D eigenvalue weighted by Gasteiger charge is -2.21. The molecule has 8 heteroatoms. The number of rotatable bonds is 5. The van der Waals surface area contributed by atoms with Gasteiger partial charge in [-0.05, 0) is 18.8 Å². The first-order chi connectivity index (χ1) is 12.2. The van der Waals surface area contributed by atoms with Gasteiger partial charge < -0.3 is 10.1 Å². The molecule has 0 aliphatic carbocycles. The number of nitrogens with one attached hydrogen (secondary N) is 2. The highest BCUT2D eigenvalue weighted by molar-refractivity contribution is 5.71. The molecule has 0 spiro atoms. The Kier molecular flexibility index (Phi) is 4.35. The molecule has 1 aliphatic rings. The van der Waals surface area contributed by atoms with E-state index in [9.17, 15) is 0 Å². The Morgan fingerprint density at radius 1 is 1.36 bits per heavy atom. The topological polar surface area (TPSA) is 93.5 Å². The van der Waals surface area contributed by atoms with Crippen LogP contribution in [-0.2, 0) is 11.3 Å². The van der Waals surface area contributed by atoms with E-state index in [0.717, 1.165) is 55.3 Å². The lowest BCUT2D eigenvalue weighted by molar-refractivity contribution is 0.0474. The van der Waals surface area contributed by atoms with Gasteiger partial charge in [-0.15, -0.1) is 0 Å². The molecule has 0 radical (unpaired) electrons. The number of H-pyrrole nitrogens is 1. The van der Waals surface area contributed by atoms with Crippen molar-refractivity contribution in [3.8, 4) is 0 Å². The fraction of sp³-hybridized carbons (Fsp3) is 0.529. The van der Waals surface area contributed by atoms with Crippen LogP contribution in [0.2, 0.25) is 0 Å². The summed E-state index contributed by atoms with van der Waals surface area (Å²) in [6.07, 6.45) is 5.75. The van der Waals surface area contributed by atoms with Crippen LogP contribution in [0.25, 0.3) is 11.2 Å². The molecule has 4 heterocycles. The summed E-state index contributed by atoms with van der Waals surface area (Å²) >= 11 is 0. The predicted octanol–water partition coefficient (Wildman–Crippen LogP) is 2.84. The molecule has 3 aromatic rings. The van der Waals surface area contributed by atoms with Crippen LogP contribution >= 0.6 is 0 Å². The fourth-order valence-corrected chi connectivity index (χ4v) is 3.07. The Labute approximate surface area is 146 Å². The summed E-state index contributed by atoms with van der Waals surface area (Å²) in [7, 11) is 0. The maximum atomic E-state index is 5.57. The molecular weight excluding hydrogens is 318 g/mol. The third-order valence-electron chi connectivity index (χ3n) is 4.51. The minimum absolute atomic E-state index is 0.399. The maximum Gasteiger partial charge on any atom is 0.178 e. The first kappa shape index (κ1) is 16.0. The van der Waals surface area contributed by atoms with E-state index in [2.05, 4.69) is 44.4 Å². The minimum Gasteiger partial charge on any atom is -0.381 e. The van der Waals surface area contributed by atoms with Crippen molar-refractivity contribution >= 4 is 22.8 Å². The molecule has 25 heavy (non-hydrogen) atoms. The van der Waals surface area contributed by atoms with Gasteiger partial charge in [0.25, 0.3) is 0 Å². The van der Waals surface area contributed by atoms with Crippen molar-refractivity contribution in [2.45, 2.75) is 39.2 Å². The van der Waals surface area contributed by atoms with Gasteiger partial charge in [0.1, 0.15) is 5.52 Å². The maximum absolute atomic E-state index is 5.57. The van der Waals surface area contributed by atoms with Gasteiger partial charge in [-0.3, -0.25) is 5.10 Å². The Hall–Kier alpha value is -2.48. The van der Waals surface area contributed by atoms with Gasteiger partial charge in [-0.25, -0.2) is 14.6 Å². The molecule has 8 nitrogen and oxygen atoms in total. The zero-order valence-electron chi connectivity index (χ0n) is 14.6. The molecule has 0 aromatic carbocycles. The zero-order chi connectivity index (χ0) is 17.2. The van der Waals surface area contributed by atoms with Gasteiger partial charge >= 0.3 is 0 Å². The lowest BCUT2D eigenvalue weighted by atomic mass is 10.0. The van der Waals surface area contributed by atoms with Crippen LogP contribution < -0.4 is 5.32 Å². The second-order valence-corrected chi connectivity index (χ2v) is 6.86. The van der Waals surface area contributed by atoms with Crippen LogP contribution in [-0.4, -0.2) is 43.2 Å². The minimum atomic E-state index is 0.399. The molecule has 3 aromatic heterocycles. The van der Waals surface area contributed by atoms with E-state index in [1.165, 1.54) is 0 Å². The predicted molar refractivity (Wildman–Crippen MR) is 94.8 cm³/mol. The molecule has 1 saturated heterocycles. The summed E-state index contributed by atoms with van der Waals surface area (Å²) in [6.45, 7) is 6.71. The molecule has 4 rings (SSSR count). The largest absolute Gasteiger partial charge is 0.381 e. The molecule has 2 N–H and O–H groups in total.